The third-order valence-corrected chi connectivity index (χ3v) is 5.79. The summed E-state index contributed by atoms with van der Waals surface area (Å²) in [7, 11) is -2.95. The van der Waals surface area contributed by atoms with E-state index in [0.29, 0.717) is 6.04 Å². The van der Waals surface area contributed by atoms with Crippen molar-refractivity contribution in [3.05, 3.63) is 33.4 Å². The molecule has 3 nitrogen and oxygen atoms in total. The minimum absolute atomic E-state index is 0.0177. The van der Waals surface area contributed by atoms with Crippen LogP contribution in [0.5, 0.6) is 0 Å². The van der Waals surface area contributed by atoms with Gasteiger partial charge in [-0.3, -0.25) is 0 Å². The monoisotopic (exact) mass is 269 g/mol. The van der Waals surface area contributed by atoms with E-state index in [1.165, 1.54) is 28.7 Å². The standard InChI is InChI=1S/C12H15NO2S2/c14-17(15)7-5-9(8-17)13-11-2-1-3-12-10(11)4-6-16-12/h4-7,9,11,13H,1-3,8H2. The second-order valence-electron chi connectivity index (χ2n) is 4.68. The summed E-state index contributed by atoms with van der Waals surface area (Å²) in [6, 6.07) is 2.48. The summed E-state index contributed by atoms with van der Waals surface area (Å²) in [6.45, 7) is 0. The summed E-state index contributed by atoms with van der Waals surface area (Å²) < 4.78 is 22.7. The first-order valence-electron chi connectivity index (χ1n) is 5.87. The van der Waals surface area contributed by atoms with Crippen LogP contribution in [-0.2, 0) is 16.3 Å². The third-order valence-electron chi connectivity index (χ3n) is 3.40. The Hall–Kier alpha value is -0.650. The van der Waals surface area contributed by atoms with Crippen LogP contribution in [0.4, 0.5) is 0 Å². The zero-order valence-corrected chi connectivity index (χ0v) is 11.1. The lowest BCUT2D eigenvalue weighted by atomic mass is 9.93. The third kappa shape index (κ3) is 2.32. The average molecular weight is 269 g/mol. The van der Waals surface area contributed by atoms with E-state index in [4.69, 9.17) is 0 Å². The highest BCUT2D eigenvalue weighted by Gasteiger charge is 2.27. The van der Waals surface area contributed by atoms with Gasteiger partial charge in [0.25, 0.3) is 0 Å². The van der Waals surface area contributed by atoms with Gasteiger partial charge >= 0.3 is 0 Å². The molecule has 92 valence electrons. The molecule has 17 heavy (non-hydrogen) atoms. The lowest BCUT2D eigenvalue weighted by Crippen LogP contribution is -2.34. The zero-order chi connectivity index (χ0) is 11.9. The van der Waals surface area contributed by atoms with Gasteiger partial charge in [-0.15, -0.1) is 11.3 Å². The number of sulfone groups is 1. The maximum atomic E-state index is 11.4. The molecule has 2 aliphatic rings. The number of hydrogen-bond donors (Lipinski definition) is 1. The van der Waals surface area contributed by atoms with Crippen LogP contribution in [0, 0.1) is 0 Å². The van der Waals surface area contributed by atoms with Crippen LogP contribution < -0.4 is 5.32 Å². The molecule has 0 saturated heterocycles. The van der Waals surface area contributed by atoms with Gasteiger partial charge in [0.05, 0.1) is 5.75 Å². The molecule has 1 aliphatic heterocycles. The predicted octanol–water partition coefficient (Wildman–Crippen LogP) is 2.03. The van der Waals surface area contributed by atoms with Gasteiger partial charge in [-0.25, -0.2) is 8.42 Å². The van der Waals surface area contributed by atoms with Crippen molar-refractivity contribution in [1.29, 1.82) is 0 Å². The fourth-order valence-corrected chi connectivity index (χ4v) is 4.83. The highest BCUT2D eigenvalue weighted by atomic mass is 32.2. The minimum atomic E-state index is -2.95. The first-order valence-corrected chi connectivity index (χ1v) is 8.47. The van der Waals surface area contributed by atoms with Gasteiger partial charge in [-0.1, -0.05) is 6.08 Å². The molecule has 1 aliphatic carbocycles. The molecule has 1 aromatic heterocycles. The quantitative estimate of drug-likeness (QED) is 0.893. The highest BCUT2D eigenvalue weighted by molar-refractivity contribution is 7.94. The first kappa shape index (κ1) is 11.4. The first-order chi connectivity index (χ1) is 8.14. The molecule has 0 aromatic carbocycles. The van der Waals surface area contributed by atoms with E-state index in [2.05, 4.69) is 16.8 Å². The number of fused-ring (bicyclic) bond motifs is 1. The van der Waals surface area contributed by atoms with Gasteiger partial charge in [-0.05, 0) is 36.3 Å². The van der Waals surface area contributed by atoms with Crippen LogP contribution in [0.15, 0.2) is 22.9 Å². The van der Waals surface area contributed by atoms with Crippen molar-refractivity contribution in [3.63, 3.8) is 0 Å². The van der Waals surface area contributed by atoms with E-state index in [-0.39, 0.29) is 11.8 Å². The van der Waals surface area contributed by atoms with Gasteiger partial charge in [0.2, 0.25) is 0 Å². The van der Waals surface area contributed by atoms with E-state index >= 15 is 0 Å². The van der Waals surface area contributed by atoms with Gasteiger partial charge < -0.3 is 5.32 Å². The molecule has 3 rings (SSSR count). The molecule has 5 heteroatoms. The number of nitrogens with one attached hydrogen (secondary N) is 1. The van der Waals surface area contributed by atoms with E-state index in [0.717, 1.165) is 6.42 Å². The van der Waals surface area contributed by atoms with Gasteiger partial charge in [0.1, 0.15) is 0 Å². The number of aryl methyl sites for hydroxylation is 1. The minimum Gasteiger partial charge on any atom is -0.303 e. The summed E-state index contributed by atoms with van der Waals surface area (Å²) in [6.07, 6.45) is 5.24. The van der Waals surface area contributed by atoms with Crippen molar-refractivity contribution in [2.24, 2.45) is 0 Å². The fourth-order valence-electron chi connectivity index (χ4n) is 2.60. The molecular weight excluding hydrogens is 254 g/mol. The molecule has 0 radical (unpaired) electrons. The smallest absolute Gasteiger partial charge is 0.173 e. The molecule has 2 heterocycles. The number of rotatable bonds is 2. The normalized spacial score (nSPS) is 30.4. The van der Waals surface area contributed by atoms with Gasteiger partial charge in [0, 0.05) is 22.4 Å². The maximum absolute atomic E-state index is 11.4. The van der Waals surface area contributed by atoms with Crippen molar-refractivity contribution >= 4 is 21.2 Å². The summed E-state index contributed by atoms with van der Waals surface area (Å²) in [5.74, 6) is 0.211. The van der Waals surface area contributed by atoms with Crippen LogP contribution in [0.2, 0.25) is 0 Å². The Morgan fingerprint density at radius 3 is 3.06 bits per heavy atom. The lowest BCUT2D eigenvalue weighted by molar-refractivity contribution is 0.445. The van der Waals surface area contributed by atoms with Crippen LogP contribution >= 0.6 is 11.3 Å². The Morgan fingerprint density at radius 2 is 2.29 bits per heavy atom. The van der Waals surface area contributed by atoms with E-state index in [1.807, 2.05) is 11.3 Å². The number of thiophene rings is 1. The molecule has 0 amide bonds. The summed E-state index contributed by atoms with van der Waals surface area (Å²) in [5, 5.41) is 6.92. The van der Waals surface area contributed by atoms with Crippen LogP contribution in [-0.4, -0.2) is 20.2 Å². The van der Waals surface area contributed by atoms with Crippen molar-refractivity contribution in [2.75, 3.05) is 5.75 Å². The molecule has 2 atom stereocenters. The Labute approximate surface area is 105 Å². The molecule has 1 aromatic rings. The predicted molar refractivity (Wildman–Crippen MR) is 69.8 cm³/mol. The van der Waals surface area contributed by atoms with Crippen molar-refractivity contribution in [2.45, 2.75) is 31.3 Å². The van der Waals surface area contributed by atoms with Crippen molar-refractivity contribution in [1.82, 2.24) is 5.32 Å². The van der Waals surface area contributed by atoms with Crippen LogP contribution in [0.3, 0.4) is 0 Å². The second kappa shape index (κ2) is 4.23. The molecular formula is C12H15NO2S2. The second-order valence-corrected chi connectivity index (χ2v) is 7.61. The van der Waals surface area contributed by atoms with Gasteiger partial charge in [0.15, 0.2) is 9.84 Å². The molecule has 2 unspecified atom stereocenters. The Balaban J connectivity index is 1.74. The van der Waals surface area contributed by atoms with Gasteiger partial charge in [-0.2, -0.15) is 0 Å². The molecule has 0 fully saturated rings. The molecule has 0 bridgehead atoms. The van der Waals surface area contributed by atoms with E-state index in [9.17, 15) is 8.42 Å². The average Bonchev–Trinajstić information content (AvgIpc) is 2.85. The Bertz CT molecular complexity index is 545. The van der Waals surface area contributed by atoms with E-state index in [1.54, 1.807) is 6.08 Å². The molecule has 0 spiro atoms. The van der Waals surface area contributed by atoms with Crippen LogP contribution in [0.1, 0.15) is 29.3 Å². The number of hydrogen-bond acceptors (Lipinski definition) is 4. The Morgan fingerprint density at radius 1 is 1.41 bits per heavy atom. The highest BCUT2D eigenvalue weighted by Crippen LogP contribution is 2.33. The molecule has 1 N–H and O–H groups in total. The van der Waals surface area contributed by atoms with Crippen molar-refractivity contribution in [3.8, 4) is 0 Å². The summed E-state index contributed by atoms with van der Waals surface area (Å²) in [4.78, 5) is 1.46. The van der Waals surface area contributed by atoms with Crippen molar-refractivity contribution < 1.29 is 8.42 Å². The fraction of sp³-hybridized carbons (Fsp3) is 0.500. The summed E-state index contributed by atoms with van der Waals surface area (Å²) >= 11 is 1.81. The lowest BCUT2D eigenvalue weighted by Gasteiger charge is -2.26. The SMILES string of the molecule is O=S1(=O)C=CC(NC2CCCc3sccc32)C1. The van der Waals surface area contributed by atoms with Crippen LogP contribution in [0.25, 0.3) is 0 Å². The maximum Gasteiger partial charge on any atom is 0.173 e. The largest absolute Gasteiger partial charge is 0.303 e. The Kier molecular flexibility index (Phi) is 2.84. The molecule has 0 saturated carbocycles. The van der Waals surface area contributed by atoms with E-state index < -0.39 is 9.84 Å². The summed E-state index contributed by atoms with van der Waals surface area (Å²) in [5.41, 5.74) is 1.37. The zero-order valence-electron chi connectivity index (χ0n) is 9.43. The topological polar surface area (TPSA) is 46.2 Å².